The summed E-state index contributed by atoms with van der Waals surface area (Å²) in [6.07, 6.45) is 6.62. The van der Waals surface area contributed by atoms with E-state index >= 15 is 0 Å². The average molecular weight is 268 g/mol. The fraction of sp³-hybridized carbons (Fsp3) is 0.933. The Hall–Kier alpha value is -0.610. The number of likely N-dealkylation sites (N-methyl/N-ethyl adjacent to an activating group) is 1. The van der Waals surface area contributed by atoms with Gasteiger partial charge in [-0.2, -0.15) is 0 Å². The van der Waals surface area contributed by atoms with E-state index in [4.69, 9.17) is 0 Å². The number of hydrogen-bond donors (Lipinski definition) is 1. The molecule has 110 valence electrons. The summed E-state index contributed by atoms with van der Waals surface area (Å²) in [5.41, 5.74) is 0. The third-order valence-corrected chi connectivity index (χ3v) is 4.93. The second-order valence-electron chi connectivity index (χ2n) is 6.10. The van der Waals surface area contributed by atoms with E-state index in [2.05, 4.69) is 4.90 Å². The van der Waals surface area contributed by atoms with Gasteiger partial charge < -0.3 is 10.0 Å². The smallest absolute Gasteiger partial charge is 0.236 e. The summed E-state index contributed by atoms with van der Waals surface area (Å²) >= 11 is 0. The maximum Gasteiger partial charge on any atom is 0.236 e. The number of amides is 1. The minimum atomic E-state index is -0.149. The van der Waals surface area contributed by atoms with E-state index in [-0.39, 0.29) is 12.0 Å². The Morgan fingerprint density at radius 1 is 1.26 bits per heavy atom. The predicted octanol–water partition coefficient (Wildman–Crippen LogP) is 1.48. The van der Waals surface area contributed by atoms with Crippen molar-refractivity contribution in [3.8, 4) is 0 Å². The van der Waals surface area contributed by atoms with Crippen LogP contribution in [-0.2, 0) is 4.79 Å². The van der Waals surface area contributed by atoms with Gasteiger partial charge in [0.05, 0.1) is 12.6 Å². The molecule has 0 spiro atoms. The topological polar surface area (TPSA) is 43.8 Å². The number of likely N-dealkylation sites (tertiary alicyclic amines) is 1. The molecule has 2 rings (SSSR count). The van der Waals surface area contributed by atoms with Crippen molar-refractivity contribution in [2.45, 2.75) is 57.6 Å². The van der Waals surface area contributed by atoms with Crippen LogP contribution in [0.5, 0.6) is 0 Å². The van der Waals surface area contributed by atoms with Crippen LogP contribution in [-0.4, -0.2) is 59.6 Å². The Balaban J connectivity index is 1.97. The Kier molecular flexibility index (Phi) is 5.22. The molecule has 1 aliphatic heterocycles. The van der Waals surface area contributed by atoms with Gasteiger partial charge in [-0.15, -0.1) is 0 Å². The highest BCUT2D eigenvalue weighted by molar-refractivity contribution is 5.78. The molecule has 2 fully saturated rings. The maximum atomic E-state index is 12.1. The van der Waals surface area contributed by atoms with Crippen molar-refractivity contribution in [1.82, 2.24) is 9.80 Å². The number of nitrogens with zero attached hydrogens (tertiary/aromatic N) is 2. The molecule has 1 N–H and O–H groups in total. The molecule has 4 heteroatoms. The third kappa shape index (κ3) is 3.48. The summed E-state index contributed by atoms with van der Waals surface area (Å²) in [5, 5.41) is 10.1. The Morgan fingerprint density at radius 2 is 2.05 bits per heavy atom. The van der Waals surface area contributed by atoms with Gasteiger partial charge in [0.25, 0.3) is 0 Å². The molecule has 2 aliphatic rings. The minimum Gasteiger partial charge on any atom is -0.393 e. The summed E-state index contributed by atoms with van der Waals surface area (Å²) in [6, 6.07) is 0.417. The molecule has 1 heterocycles. The first-order chi connectivity index (χ1) is 9.13. The van der Waals surface area contributed by atoms with Crippen LogP contribution in [0.15, 0.2) is 0 Å². The second-order valence-corrected chi connectivity index (χ2v) is 6.10. The normalized spacial score (nSPS) is 32.5. The fourth-order valence-corrected chi connectivity index (χ4v) is 3.59. The molecular weight excluding hydrogens is 240 g/mol. The highest BCUT2D eigenvalue weighted by Crippen LogP contribution is 2.35. The fourth-order valence-electron chi connectivity index (χ4n) is 3.59. The molecular formula is C15H28N2O2. The van der Waals surface area contributed by atoms with Crippen molar-refractivity contribution < 1.29 is 9.90 Å². The van der Waals surface area contributed by atoms with Crippen LogP contribution in [0.1, 0.15) is 45.4 Å². The van der Waals surface area contributed by atoms with Crippen molar-refractivity contribution in [3.05, 3.63) is 0 Å². The quantitative estimate of drug-likeness (QED) is 0.840. The van der Waals surface area contributed by atoms with Gasteiger partial charge in [-0.1, -0.05) is 12.8 Å². The highest BCUT2D eigenvalue weighted by atomic mass is 16.3. The van der Waals surface area contributed by atoms with Crippen molar-refractivity contribution >= 4 is 5.91 Å². The number of piperidine rings is 1. The van der Waals surface area contributed by atoms with Crippen LogP contribution in [0, 0.1) is 5.92 Å². The summed E-state index contributed by atoms with van der Waals surface area (Å²) < 4.78 is 0. The van der Waals surface area contributed by atoms with Crippen LogP contribution < -0.4 is 0 Å². The third-order valence-electron chi connectivity index (χ3n) is 4.93. The summed E-state index contributed by atoms with van der Waals surface area (Å²) in [7, 11) is 1.87. The van der Waals surface area contributed by atoms with Gasteiger partial charge in [0.2, 0.25) is 5.91 Å². The van der Waals surface area contributed by atoms with Crippen LogP contribution in [0.4, 0.5) is 0 Å². The van der Waals surface area contributed by atoms with Crippen LogP contribution >= 0.6 is 0 Å². The number of aliphatic hydroxyl groups excluding tert-OH is 1. The van der Waals surface area contributed by atoms with Crippen LogP contribution in [0.3, 0.4) is 0 Å². The summed E-state index contributed by atoms with van der Waals surface area (Å²) in [6.45, 7) is 4.31. The van der Waals surface area contributed by atoms with Crippen molar-refractivity contribution in [3.63, 3.8) is 0 Å². The zero-order valence-corrected chi connectivity index (χ0v) is 12.3. The monoisotopic (exact) mass is 268 g/mol. The van der Waals surface area contributed by atoms with E-state index in [9.17, 15) is 9.90 Å². The number of carbonyl (C=O) groups is 1. The van der Waals surface area contributed by atoms with Gasteiger partial charge in [0, 0.05) is 25.6 Å². The van der Waals surface area contributed by atoms with Crippen molar-refractivity contribution in [2.75, 3.05) is 26.7 Å². The molecule has 0 bridgehead atoms. The molecule has 3 atom stereocenters. The first-order valence-electron chi connectivity index (χ1n) is 7.79. The molecule has 1 aliphatic carbocycles. The number of aliphatic hydroxyl groups is 1. The Bertz CT molecular complexity index is 309. The van der Waals surface area contributed by atoms with Crippen LogP contribution in [0.2, 0.25) is 0 Å². The van der Waals surface area contributed by atoms with Gasteiger partial charge in [-0.05, 0) is 39.2 Å². The molecule has 0 aromatic rings. The minimum absolute atomic E-state index is 0.149. The van der Waals surface area contributed by atoms with E-state index in [0.29, 0.717) is 18.5 Å². The van der Waals surface area contributed by atoms with E-state index in [1.54, 1.807) is 4.90 Å². The van der Waals surface area contributed by atoms with E-state index in [0.717, 1.165) is 38.8 Å². The van der Waals surface area contributed by atoms with Crippen LogP contribution in [0.25, 0.3) is 0 Å². The number of rotatable bonds is 4. The predicted molar refractivity (Wildman–Crippen MR) is 75.9 cm³/mol. The molecule has 1 amide bonds. The van der Waals surface area contributed by atoms with Gasteiger partial charge in [0.15, 0.2) is 0 Å². The highest BCUT2D eigenvalue weighted by Gasteiger charge is 2.37. The molecule has 0 aromatic heterocycles. The molecule has 1 saturated carbocycles. The van der Waals surface area contributed by atoms with Gasteiger partial charge in [-0.25, -0.2) is 0 Å². The van der Waals surface area contributed by atoms with E-state index in [1.165, 1.54) is 12.8 Å². The lowest BCUT2D eigenvalue weighted by Crippen LogP contribution is -2.50. The van der Waals surface area contributed by atoms with E-state index < -0.39 is 0 Å². The summed E-state index contributed by atoms with van der Waals surface area (Å²) in [5.74, 6) is 0.599. The average Bonchev–Trinajstić information content (AvgIpc) is 2.84. The number of hydrogen-bond acceptors (Lipinski definition) is 3. The molecule has 0 aromatic carbocycles. The number of carbonyl (C=O) groups excluding carboxylic acids is 1. The molecule has 19 heavy (non-hydrogen) atoms. The van der Waals surface area contributed by atoms with Gasteiger partial charge >= 0.3 is 0 Å². The summed E-state index contributed by atoms with van der Waals surface area (Å²) in [4.78, 5) is 16.2. The molecule has 0 radical (unpaired) electrons. The lowest BCUT2D eigenvalue weighted by atomic mass is 9.87. The van der Waals surface area contributed by atoms with Gasteiger partial charge in [-0.3, -0.25) is 9.69 Å². The molecule has 3 unspecified atom stereocenters. The Labute approximate surface area is 116 Å². The lowest BCUT2D eigenvalue weighted by molar-refractivity contribution is -0.132. The second kappa shape index (κ2) is 6.71. The van der Waals surface area contributed by atoms with E-state index in [1.807, 2.05) is 14.0 Å². The standard InChI is InChI=1S/C15H28N2O2/c1-3-16(2)15(19)11-17-10-5-4-8-13(17)12-7-6-9-14(12)18/h12-14,18H,3-11H2,1-2H3. The first kappa shape index (κ1) is 14.8. The zero-order valence-electron chi connectivity index (χ0n) is 12.3. The first-order valence-corrected chi connectivity index (χ1v) is 7.79. The lowest BCUT2D eigenvalue weighted by Gasteiger charge is -2.40. The zero-order chi connectivity index (χ0) is 13.8. The van der Waals surface area contributed by atoms with Crippen molar-refractivity contribution in [1.29, 1.82) is 0 Å². The SMILES string of the molecule is CCN(C)C(=O)CN1CCCCC1C1CCCC1O. The van der Waals surface area contributed by atoms with Gasteiger partial charge in [0.1, 0.15) is 0 Å². The molecule has 4 nitrogen and oxygen atoms in total. The largest absolute Gasteiger partial charge is 0.393 e. The Morgan fingerprint density at radius 3 is 2.68 bits per heavy atom. The molecule has 1 saturated heterocycles. The van der Waals surface area contributed by atoms with Crippen molar-refractivity contribution in [2.24, 2.45) is 5.92 Å². The maximum absolute atomic E-state index is 12.1.